The summed E-state index contributed by atoms with van der Waals surface area (Å²) >= 11 is 8.55. The van der Waals surface area contributed by atoms with Gasteiger partial charge < -0.3 is 5.11 Å². The maximum atomic E-state index is 12.4. The number of aromatic carboxylic acids is 1. The van der Waals surface area contributed by atoms with Gasteiger partial charge in [-0.25, -0.2) is 18.6 Å². The molecule has 7 heteroatoms. The smallest absolute Gasteiger partial charge is 0.354 e. The van der Waals surface area contributed by atoms with Crippen LogP contribution in [-0.4, -0.2) is 16.1 Å². The first kappa shape index (κ1) is 12.3. The van der Waals surface area contributed by atoms with Crippen LogP contribution in [0.25, 0.3) is 0 Å². The van der Waals surface area contributed by atoms with E-state index in [0.717, 1.165) is 0 Å². The summed E-state index contributed by atoms with van der Waals surface area (Å²) < 4.78 is 24.7. The number of nitrogens with zero attached hydrogens (tertiary/aromatic N) is 1. The highest BCUT2D eigenvalue weighted by atomic mass is 79.9. The monoisotopic (exact) mass is 299 g/mol. The van der Waals surface area contributed by atoms with Crippen molar-refractivity contribution < 1.29 is 18.7 Å². The minimum atomic E-state index is -2.89. The Morgan fingerprint density at radius 3 is 2.67 bits per heavy atom. The van der Waals surface area contributed by atoms with Gasteiger partial charge >= 0.3 is 5.97 Å². The molecule has 0 aliphatic rings. The van der Waals surface area contributed by atoms with Gasteiger partial charge in [0, 0.05) is 5.33 Å². The van der Waals surface area contributed by atoms with Gasteiger partial charge in [0.1, 0.15) is 5.69 Å². The van der Waals surface area contributed by atoms with Crippen LogP contribution in [0.2, 0.25) is 5.02 Å². The molecule has 0 aliphatic carbocycles. The van der Waals surface area contributed by atoms with Crippen LogP contribution in [0.1, 0.15) is 28.2 Å². The zero-order valence-corrected chi connectivity index (χ0v) is 9.52. The van der Waals surface area contributed by atoms with E-state index in [1.165, 1.54) is 6.07 Å². The van der Waals surface area contributed by atoms with Gasteiger partial charge in [-0.1, -0.05) is 27.5 Å². The molecular weight excluding hydrogens is 295 g/mol. The number of hydrogen-bond acceptors (Lipinski definition) is 2. The normalized spacial score (nSPS) is 10.7. The Hall–Kier alpha value is -0.750. The van der Waals surface area contributed by atoms with E-state index in [1.807, 2.05) is 0 Å². The van der Waals surface area contributed by atoms with Crippen molar-refractivity contribution in [3.8, 4) is 0 Å². The molecule has 3 nitrogen and oxygen atoms in total. The number of rotatable bonds is 3. The minimum absolute atomic E-state index is 0.185. The van der Waals surface area contributed by atoms with Crippen molar-refractivity contribution in [2.45, 2.75) is 11.8 Å². The van der Waals surface area contributed by atoms with Crippen LogP contribution in [0.3, 0.4) is 0 Å². The molecule has 0 spiro atoms. The van der Waals surface area contributed by atoms with Gasteiger partial charge in [0.05, 0.1) is 5.02 Å². The molecule has 0 aliphatic heterocycles. The zero-order chi connectivity index (χ0) is 11.6. The van der Waals surface area contributed by atoms with Crippen molar-refractivity contribution >= 4 is 33.5 Å². The van der Waals surface area contributed by atoms with Crippen LogP contribution in [0.15, 0.2) is 6.07 Å². The van der Waals surface area contributed by atoms with Crippen LogP contribution in [0.4, 0.5) is 8.78 Å². The molecular formula is C8H5BrClF2NO2. The van der Waals surface area contributed by atoms with Crippen molar-refractivity contribution in [3.63, 3.8) is 0 Å². The molecule has 0 saturated heterocycles. The topological polar surface area (TPSA) is 50.2 Å². The van der Waals surface area contributed by atoms with E-state index in [0.29, 0.717) is 0 Å². The summed E-state index contributed by atoms with van der Waals surface area (Å²) in [6.45, 7) is 0. The van der Waals surface area contributed by atoms with Crippen molar-refractivity contribution in [3.05, 3.63) is 28.0 Å². The average Bonchev–Trinajstić information content (AvgIpc) is 2.16. The lowest BCUT2D eigenvalue weighted by Gasteiger charge is -2.07. The van der Waals surface area contributed by atoms with E-state index >= 15 is 0 Å². The summed E-state index contributed by atoms with van der Waals surface area (Å²) in [7, 11) is 0. The fourth-order valence-corrected chi connectivity index (χ4v) is 1.66. The Bertz CT molecular complexity index is 400. The number of halogens is 4. The predicted molar refractivity (Wildman–Crippen MR) is 53.8 cm³/mol. The van der Waals surface area contributed by atoms with Crippen LogP contribution in [0.5, 0.6) is 0 Å². The second kappa shape index (κ2) is 4.85. The Morgan fingerprint density at radius 2 is 2.27 bits per heavy atom. The third-order valence-corrected chi connectivity index (χ3v) is 2.54. The van der Waals surface area contributed by atoms with E-state index < -0.39 is 23.8 Å². The maximum absolute atomic E-state index is 12.4. The SMILES string of the molecule is O=C(O)c1nc(C(F)F)c(Cl)cc1CBr. The number of pyridine rings is 1. The largest absolute Gasteiger partial charge is 0.477 e. The summed E-state index contributed by atoms with van der Waals surface area (Å²) in [6.07, 6.45) is -2.89. The number of carboxylic acids is 1. The second-order valence-corrected chi connectivity index (χ2v) is 3.57. The van der Waals surface area contributed by atoms with Crippen LogP contribution in [-0.2, 0) is 5.33 Å². The molecule has 0 fully saturated rings. The molecule has 0 unspecified atom stereocenters. The Balaban J connectivity index is 3.37. The van der Waals surface area contributed by atoms with Crippen LogP contribution < -0.4 is 0 Å². The van der Waals surface area contributed by atoms with Crippen molar-refractivity contribution in [2.75, 3.05) is 0 Å². The Morgan fingerprint density at radius 1 is 1.67 bits per heavy atom. The number of alkyl halides is 3. The van der Waals surface area contributed by atoms with Crippen molar-refractivity contribution in [1.82, 2.24) is 4.98 Å². The predicted octanol–water partition coefficient (Wildman–Crippen LogP) is 3.27. The lowest BCUT2D eigenvalue weighted by Crippen LogP contribution is -2.08. The molecule has 0 amide bonds. The maximum Gasteiger partial charge on any atom is 0.354 e. The summed E-state index contributed by atoms with van der Waals surface area (Å²) in [4.78, 5) is 14.0. The highest BCUT2D eigenvalue weighted by Crippen LogP contribution is 2.27. The molecule has 0 radical (unpaired) electrons. The molecule has 0 atom stereocenters. The lowest BCUT2D eigenvalue weighted by molar-refractivity contribution is 0.0688. The Kier molecular flexibility index (Phi) is 3.98. The average molecular weight is 300 g/mol. The first-order valence-corrected chi connectivity index (χ1v) is 5.24. The Labute approximate surface area is 97.2 Å². The number of aromatic nitrogens is 1. The van der Waals surface area contributed by atoms with Crippen molar-refractivity contribution in [2.24, 2.45) is 0 Å². The summed E-state index contributed by atoms with van der Waals surface area (Å²) in [5, 5.41) is 8.68. The van der Waals surface area contributed by atoms with Gasteiger partial charge in [-0.3, -0.25) is 0 Å². The lowest BCUT2D eigenvalue weighted by atomic mass is 10.2. The fraction of sp³-hybridized carbons (Fsp3) is 0.250. The van der Waals surface area contributed by atoms with Crippen LogP contribution >= 0.6 is 27.5 Å². The molecule has 15 heavy (non-hydrogen) atoms. The van der Waals surface area contributed by atoms with Gasteiger partial charge in [0.25, 0.3) is 6.43 Å². The number of carbonyl (C=O) groups is 1. The molecule has 0 aromatic carbocycles. The van der Waals surface area contributed by atoms with E-state index in [1.54, 1.807) is 0 Å². The van der Waals surface area contributed by atoms with E-state index in [2.05, 4.69) is 20.9 Å². The first-order valence-electron chi connectivity index (χ1n) is 3.74. The standard InChI is InChI=1S/C8H5BrClF2NO2/c9-2-3-1-4(10)6(7(11)12)13-5(3)8(14)15/h1,7H,2H2,(H,14,15). The van der Waals surface area contributed by atoms with E-state index in [4.69, 9.17) is 16.7 Å². The van der Waals surface area contributed by atoms with Gasteiger partial charge in [-0.05, 0) is 11.6 Å². The highest BCUT2D eigenvalue weighted by Gasteiger charge is 2.20. The molecule has 1 rings (SSSR count). The van der Waals surface area contributed by atoms with E-state index in [-0.39, 0.29) is 15.9 Å². The van der Waals surface area contributed by atoms with Gasteiger partial charge in [0.2, 0.25) is 0 Å². The molecule has 1 aromatic heterocycles. The highest BCUT2D eigenvalue weighted by molar-refractivity contribution is 9.08. The quantitative estimate of drug-likeness (QED) is 0.872. The summed E-state index contributed by atoms with van der Waals surface area (Å²) in [6, 6.07) is 1.17. The van der Waals surface area contributed by atoms with E-state index in [9.17, 15) is 13.6 Å². The zero-order valence-electron chi connectivity index (χ0n) is 7.18. The number of carboxylic acid groups (broad SMARTS) is 1. The second-order valence-electron chi connectivity index (χ2n) is 2.60. The molecule has 82 valence electrons. The minimum Gasteiger partial charge on any atom is -0.477 e. The summed E-state index contributed by atoms with van der Waals surface area (Å²) in [5.74, 6) is -1.36. The number of hydrogen-bond donors (Lipinski definition) is 1. The van der Waals surface area contributed by atoms with Crippen molar-refractivity contribution in [1.29, 1.82) is 0 Å². The first-order chi connectivity index (χ1) is 6.97. The summed E-state index contributed by atoms with van der Waals surface area (Å²) in [5.41, 5.74) is -0.859. The fourth-order valence-electron chi connectivity index (χ4n) is 0.981. The molecule has 0 bridgehead atoms. The molecule has 1 aromatic rings. The van der Waals surface area contributed by atoms with Crippen LogP contribution in [0, 0.1) is 0 Å². The van der Waals surface area contributed by atoms with Gasteiger partial charge in [0.15, 0.2) is 5.69 Å². The third kappa shape index (κ3) is 2.63. The third-order valence-electron chi connectivity index (χ3n) is 1.64. The molecule has 1 heterocycles. The van der Waals surface area contributed by atoms with Gasteiger partial charge in [-0.2, -0.15) is 0 Å². The molecule has 0 saturated carbocycles. The molecule has 1 N–H and O–H groups in total. The van der Waals surface area contributed by atoms with Gasteiger partial charge in [-0.15, -0.1) is 0 Å².